The first kappa shape index (κ1) is 13.5. The number of fused-ring (bicyclic) bond motifs is 1. The molecule has 5 heteroatoms. The molecule has 102 valence electrons. The number of aliphatic hydroxyl groups excluding tert-OH is 1. The molecule has 0 aliphatic carbocycles. The SMILES string of the molecule is CCCOC(=O)c1ccc2nc(CCCO)[nH]c2c1. The van der Waals surface area contributed by atoms with Crippen LogP contribution in [-0.2, 0) is 11.2 Å². The molecule has 0 saturated heterocycles. The van der Waals surface area contributed by atoms with Crippen LogP contribution in [-0.4, -0.2) is 34.3 Å². The summed E-state index contributed by atoms with van der Waals surface area (Å²) in [6.07, 6.45) is 2.18. The predicted molar refractivity (Wildman–Crippen MR) is 72.1 cm³/mol. The molecule has 0 radical (unpaired) electrons. The third-order valence-corrected chi connectivity index (χ3v) is 2.78. The Kier molecular flexibility index (Phi) is 4.52. The Labute approximate surface area is 111 Å². The van der Waals surface area contributed by atoms with Crippen molar-refractivity contribution in [3.63, 3.8) is 0 Å². The number of H-pyrrole nitrogens is 1. The van der Waals surface area contributed by atoms with Gasteiger partial charge >= 0.3 is 5.97 Å². The Morgan fingerprint density at radius 3 is 3.05 bits per heavy atom. The van der Waals surface area contributed by atoms with Gasteiger partial charge in [0.25, 0.3) is 0 Å². The van der Waals surface area contributed by atoms with E-state index in [9.17, 15) is 4.79 Å². The zero-order valence-corrected chi connectivity index (χ0v) is 11.0. The highest BCUT2D eigenvalue weighted by Gasteiger charge is 2.09. The lowest BCUT2D eigenvalue weighted by molar-refractivity contribution is 0.0505. The van der Waals surface area contributed by atoms with E-state index in [0.717, 1.165) is 23.3 Å². The lowest BCUT2D eigenvalue weighted by Crippen LogP contribution is -2.05. The maximum Gasteiger partial charge on any atom is 0.338 e. The number of benzene rings is 1. The fourth-order valence-corrected chi connectivity index (χ4v) is 1.83. The number of nitrogens with zero attached hydrogens (tertiary/aromatic N) is 1. The molecular formula is C14H18N2O3. The van der Waals surface area contributed by atoms with E-state index in [2.05, 4.69) is 9.97 Å². The first-order valence-corrected chi connectivity index (χ1v) is 6.51. The molecule has 5 nitrogen and oxygen atoms in total. The zero-order chi connectivity index (χ0) is 13.7. The van der Waals surface area contributed by atoms with Crippen molar-refractivity contribution >= 4 is 17.0 Å². The molecule has 0 fully saturated rings. The summed E-state index contributed by atoms with van der Waals surface area (Å²) in [5.41, 5.74) is 2.16. The van der Waals surface area contributed by atoms with Crippen LogP contribution in [0, 0.1) is 0 Å². The predicted octanol–water partition coefficient (Wildman–Crippen LogP) is 2.05. The van der Waals surface area contributed by atoms with E-state index in [4.69, 9.17) is 9.84 Å². The van der Waals surface area contributed by atoms with Crippen LogP contribution in [0.2, 0.25) is 0 Å². The third kappa shape index (κ3) is 3.32. The molecule has 0 bridgehead atoms. The van der Waals surface area contributed by atoms with Crippen LogP contribution >= 0.6 is 0 Å². The number of nitrogens with one attached hydrogen (secondary N) is 1. The summed E-state index contributed by atoms with van der Waals surface area (Å²) in [7, 11) is 0. The molecule has 0 spiro atoms. The summed E-state index contributed by atoms with van der Waals surface area (Å²) in [6, 6.07) is 5.27. The molecule has 1 heterocycles. The van der Waals surface area contributed by atoms with Gasteiger partial charge in [0.15, 0.2) is 0 Å². The van der Waals surface area contributed by atoms with Gasteiger partial charge in [-0.2, -0.15) is 0 Å². The fourth-order valence-electron chi connectivity index (χ4n) is 1.83. The van der Waals surface area contributed by atoms with Crippen LogP contribution in [0.5, 0.6) is 0 Å². The van der Waals surface area contributed by atoms with Crippen LogP contribution in [0.1, 0.15) is 35.9 Å². The Bertz CT molecular complexity index is 563. The van der Waals surface area contributed by atoms with Gasteiger partial charge in [0.1, 0.15) is 5.82 Å². The van der Waals surface area contributed by atoms with Crippen molar-refractivity contribution in [3.05, 3.63) is 29.6 Å². The minimum absolute atomic E-state index is 0.144. The number of aromatic nitrogens is 2. The van der Waals surface area contributed by atoms with Gasteiger partial charge in [0.05, 0.1) is 23.2 Å². The highest BCUT2D eigenvalue weighted by atomic mass is 16.5. The van der Waals surface area contributed by atoms with Gasteiger partial charge < -0.3 is 14.8 Å². The molecule has 0 unspecified atom stereocenters. The van der Waals surface area contributed by atoms with E-state index in [1.54, 1.807) is 18.2 Å². The number of esters is 1. The molecule has 1 aromatic carbocycles. The van der Waals surface area contributed by atoms with Crippen LogP contribution in [0.25, 0.3) is 11.0 Å². The number of carbonyl (C=O) groups excluding carboxylic acids is 1. The van der Waals surface area contributed by atoms with Crippen LogP contribution in [0.4, 0.5) is 0 Å². The maximum absolute atomic E-state index is 11.7. The molecule has 2 N–H and O–H groups in total. The molecule has 0 aliphatic heterocycles. The van der Waals surface area contributed by atoms with Crippen LogP contribution < -0.4 is 0 Å². The lowest BCUT2D eigenvalue weighted by atomic mass is 10.2. The van der Waals surface area contributed by atoms with Crippen molar-refractivity contribution in [2.45, 2.75) is 26.2 Å². The normalized spacial score (nSPS) is 10.8. The fraction of sp³-hybridized carbons (Fsp3) is 0.429. The number of hydrogen-bond acceptors (Lipinski definition) is 4. The molecule has 0 amide bonds. The minimum atomic E-state index is -0.310. The molecule has 0 atom stereocenters. The highest BCUT2D eigenvalue weighted by Crippen LogP contribution is 2.15. The largest absolute Gasteiger partial charge is 0.462 e. The third-order valence-electron chi connectivity index (χ3n) is 2.78. The van der Waals surface area contributed by atoms with Crippen molar-refractivity contribution in [1.82, 2.24) is 9.97 Å². The molecule has 0 saturated carbocycles. The summed E-state index contributed by atoms with van der Waals surface area (Å²) in [5, 5.41) is 8.80. The zero-order valence-electron chi connectivity index (χ0n) is 11.0. The van der Waals surface area contributed by atoms with Crippen molar-refractivity contribution in [2.24, 2.45) is 0 Å². The smallest absolute Gasteiger partial charge is 0.338 e. The van der Waals surface area contributed by atoms with Crippen LogP contribution in [0.3, 0.4) is 0 Å². The summed E-state index contributed by atoms with van der Waals surface area (Å²) in [6.45, 7) is 2.53. The molecule has 2 rings (SSSR count). The van der Waals surface area contributed by atoms with Gasteiger partial charge in [-0.05, 0) is 31.0 Å². The summed E-state index contributed by atoms with van der Waals surface area (Å²) in [5.74, 6) is 0.512. The second kappa shape index (κ2) is 6.33. The molecule has 2 aromatic rings. The summed E-state index contributed by atoms with van der Waals surface area (Å²) < 4.78 is 5.09. The van der Waals surface area contributed by atoms with E-state index >= 15 is 0 Å². The van der Waals surface area contributed by atoms with E-state index in [1.807, 2.05) is 6.92 Å². The summed E-state index contributed by atoms with van der Waals surface area (Å²) in [4.78, 5) is 19.3. The van der Waals surface area contributed by atoms with Gasteiger partial charge in [0, 0.05) is 13.0 Å². The Morgan fingerprint density at radius 1 is 1.47 bits per heavy atom. The Hall–Kier alpha value is -1.88. The average Bonchev–Trinajstić information content (AvgIpc) is 2.84. The molecular weight excluding hydrogens is 244 g/mol. The maximum atomic E-state index is 11.7. The molecule has 0 aliphatic rings. The minimum Gasteiger partial charge on any atom is -0.462 e. The lowest BCUT2D eigenvalue weighted by Gasteiger charge is -2.02. The number of aromatic amines is 1. The van der Waals surface area contributed by atoms with Crippen molar-refractivity contribution in [1.29, 1.82) is 0 Å². The van der Waals surface area contributed by atoms with Crippen molar-refractivity contribution in [3.8, 4) is 0 Å². The quantitative estimate of drug-likeness (QED) is 0.781. The number of rotatable bonds is 6. The average molecular weight is 262 g/mol. The summed E-state index contributed by atoms with van der Waals surface area (Å²) >= 11 is 0. The first-order chi connectivity index (χ1) is 9.24. The number of aliphatic hydroxyl groups is 1. The van der Waals surface area contributed by atoms with Gasteiger partial charge in [-0.3, -0.25) is 0 Å². The van der Waals surface area contributed by atoms with Gasteiger partial charge in [-0.1, -0.05) is 6.92 Å². The second-order valence-electron chi connectivity index (χ2n) is 4.38. The highest BCUT2D eigenvalue weighted by molar-refractivity contribution is 5.93. The number of imidazole rings is 1. The number of ether oxygens (including phenoxy) is 1. The standard InChI is InChI=1S/C14H18N2O3/c1-2-8-19-14(18)10-5-6-11-12(9-10)16-13(15-11)4-3-7-17/h5-6,9,17H,2-4,7-8H2,1H3,(H,15,16). The monoisotopic (exact) mass is 262 g/mol. The Balaban J connectivity index is 2.17. The Morgan fingerprint density at radius 2 is 2.32 bits per heavy atom. The number of hydrogen-bond donors (Lipinski definition) is 2. The van der Waals surface area contributed by atoms with Crippen molar-refractivity contribution in [2.75, 3.05) is 13.2 Å². The number of aryl methyl sites for hydroxylation is 1. The topological polar surface area (TPSA) is 75.2 Å². The van der Waals surface area contributed by atoms with Gasteiger partial charge in [-0.25, -0.2) is 9.78 Å². The van der Waals surface area contributed by atoms with Crippen molar-refractivity contribution < 1.29 is 14.6 Å². The van der Waals surface area contributed by atoms with E-state index in [-0.39, 0.29) is 12.6 Å². The van der Waals surface area contributed by atoms with E-state index < -0.39 is 0 Å². The van der Waals surface area contributed by atoms with E-state index in [1.165, 1.54) is 0 Å². The number of carbonyl (C=O) groups is 1. The molecule has 19 heavy (non-hydrogen) atoms. The second-order valence-corrected chi connectivity index (χ2v) is 4.38. The van der Waals surface area contributed by atoms with Gasteiger partial charge in [0.2, 0.25) is 0 Å². The van der Waals surface area contributed by atoms with E-state index in [0.29, 0.717) is 25.0 Å². The van der Waals surface area contributed by atoms with Crippen LogP contribution in [0.15, 0.2) is 18.2 Å². The first-order valence-electron chi connectivity index (χ1n) is 6.51. The molecule has 1 aromatic heterocycles. The van der Waals surface area contributed by atoms with Gasteiger partial charge in [-0.15, -0.1) is 0 Å².